The van der Waals surface area contributed by atoms with Crippen molar-refractivity contribution in [1.82, 2.24) is 20.0 Å². The summed E-state index contributed by atoms with van der Waals surface area (Å²) >= 11 is 0. The van der Waals surface area contributed by atoms with Crippen molar-refractivity contribution in [2.24, 2.45) is 5.73 Å². The Hall–Kier alpha value is -2.73. The number of imide groups is 1. The van der Waals surface area contributed by atoms with E-state index in [0.29, 0.717) is 30.6 Å². The van der Waals surface area contributed by atoms with Crippen LogP contribution < -0.4 is 11.1 Å². The molecule has 3 fully saturated rings. The highest BCUT2D eigenvalue weighted by Gasteiger charge is 2.39. The van der Waals surface area contributed by atoms with Gasteiger partial charge in [-0.2, -0.15) is 0 Å². The molecule has 1 saturated carbocycles. The molecule has 1 aromatic carbocycles. The van der Waals surface area contributed by atoms with Gasteiger partial charge in [0, 0.05) is 75.3 Å². The fraction of sp³-hybridized carbons (Fsp3) is 0.593. The highest BCUT2D eigenvalue weighted by atomic mass is 16.2. The molecule has 3 N–H and O–H groups in total. The summed E-state index contributed by atoms with van der Waals surface area (Å²) in [6.45, 7) is 5.72. The van der Waals surface area contributed by atoms with Gasteiger partial charge in [0.1, 0.15) is 6.04 Å². The molecule has 35 heavy (non-hydrogen) atoms. The fourth-order valence-electron chi connectivity index (χ4n) is 5.89. The smallest absolute Gasteiger partial charge is 0.255 e. The van der Waals surface area contributed by atoms with Crippen LogP contribution in [-0.4, -0.2) is 83.3 Å². The minimum atomic E-state index is -0.600. The van der Waals surface area contributed by atoms with Gasteiger partial charge < -0.3 is 10.6 Å². The molecule has 0 spiro atoms. The molecule has 1 unspecified atom stereocenters. The third-order valence-electron chi connectivity index (χ3n) is 8.02. The second-order valence-corrected chi connectivity index (χ2v) is 10.2. The second kappa shape index (κ2) is 10.5. The monoisotopic (exact) mass is 477 g/mol. The van der Waals surface area contributed by atoms with Crippen molar-refractivity contribution in [3.8, 4) is 11.8 Å². The van der Waals surface area contributed by atoms with E-state index in [-0.39, 0.29) is 24.1 Å². The normalized spacial score (nSPS) is 27.9. The number of rotatable bonds is 4. The van der Waals surface area contributed by atoms with Crippen molar-refractivity contribution in [3.63, 3.8) is 0 Å². The first kappa shape index (κ1) is 24.0. The topological polar surface area (TPSA) is 99.0 Å². The molecule has 3 heterocycles. The zero-order valence-electron chi connectivity index (χ0n) is 20.3. The number of nitrogens with two attached hydrogens (primary N) is 1. The summed E-state index contributed by atoms with van der Waals surface area (Å²) in [7, 11) is 0. The lowest BCUT2D eigenvalue weighted by atomic mass is 9.90. The minimum absolute atomic E-state index is 0.157. The van der Waals surface area contributed by atoms with Gasteiger partial charge in [0.25, 0.3) is 5.91 Å². The quantitative estimate of drug-likeness (QED) is 0.497. The summed E-state index contributed by atoms with van der Waals surface area (Å²) in [5.74, 6) is 5.77. The molecule has 8 heteroatoms. The molecule has 3 aliphatic heterocycles. The number of hydrogen-bond donors (Lipinski definition) is 2. The molecule has 3 amide bonds. The van der Waals surface area contributed by atoms with Crippen LogP contribution in [0.3, 0.4) is 0 Å². The maximum Gasteiger partial charge on any atom is 0.255 e. The number of piperidine rings is 1. The number of carbonyl (C=O) groups excluding carboxylic acids is 3. The Balaban J connectivity index is 1.13. The third-order valence-corrected chi connectivity index (χ3v) is 8.02. The Morgan fingerprint density at radius 3 is 2.51 bits per heavy atom. The van der Waals surface area contributed by atoms with E-state index in [9.17, 15) is 14.4 Å². The summed E-state index contributed by atoms with van der Waals surface area (Å²) in [6.07, 6.45) is 6.18. The van der Waals surface area contributed by atoms with Crippen LogP contribution in [-0.2, 0) is 16.1 Å². The number of carbonyl (C=O) groups is 3. The largest absolute Gasteiger partial charge is 0.328 e. The van der Waals surface area contributed by atoms with Gasteiger partial charge in [-0.3, -0.25) is 29.5 Å². The van der Waals surface area contributed by atoms with Crippen LogP contribution in [0.25, 0.3) is 0 Å². The number of amides is 3. The number of benzene rings is 1. The third kappa shape index (κ3) is 5.27. The number of nitrogens with one attached hydrogen (secondary N) is 1. The van der Waals surface area contributed by atoms with Crippen molar-refractivity contribution in [2.45, 2.75) is 69.6 Å². The molecule has 1 aromatic rings. The van der Waals surface area contributed by atoms with Crippen LogP contribution in [0.1, 0.15) is 66.4 Å². The average molecular weight is 478 g/mol. The fourth-order valence-corrected chi connectivity index (χ4v) is 5.89. The van der Waals surface area contributed by atoms with Gasteiger partial charge in [-0.05, 0) is 49.8 Å². The van der Waals surface area contributed by atoms with Gasteiger partial charge >= 0.3 is 0 Å². The average Bonchev–Trinajstić information content (AvgIpc) is 3.20. The maximum absolute atomic E-state index is 13.0. The van der Waals surface area contributed by atoms with Crippen LogP contribution in [0.5, 0.6) is 0 Å². The Bertz CT molecular complexity index is 1040. The standard InChI is InChI=1S/C27H35N5O3/c28-20-7-9-21(10-8-20)31-16-14-30(15-17-31)13-2-1-4-19-5-3-6-22-23(19)18-32(27(22)35)24-11-12-25(33)29-26(24)34/h3,5-6,20-21,24H,2,7-18,28H2,(H,29,33,34). The molecule has 186 valence electrons. The summed E-state index contributed by atoms with van der Waals surface area (Å²) in [4.78, 5) is 43.5. The lowest BCUT2D eigenvalue weighted by molar-refractivity contribution is -0.136. The molecule has 5 rings (SSSR count). The first-order valence-electron chi connectivity index (χ1n) is 13.0. The van der Waals surface area contributed by atoms with E-state index in [1.807, 2.05) is 12.1 Å². The molecule has 2 saturated heterocycles. The van der Waals surface area contributed by atoms with Crippen molar-refractivity contribution in [3.05, 3.63) is 34.9 Å². The Kier molecular flexibility index (Phi) is 7.19. The second-order valence-electron chi connectivity index (χ2n) is 10.2. The summed E-state index contributed by atoms with van der Waals surface area (Å²) < 4.78 is 0. The molecular formula is C27H35N5O3. The number of piperazine rings is 1. The predicted molar refractivity (Wildman–Crippen MR) is 132 cm³/mol. The Morgan fingerprint density at radius 2 is 1.77 bits per heavy atom. The van der Waals surface area contributed by atoms with Crippen LogP contribution in [0.15, 0.2) is 18.2 Å². The van der Waals surface area contributed by atoms with Gasteiger partial charge in [0.15, 0.2) is 0 Å². The van der Waals surface area contributed by atoms with E-state index >= 15 is 0 Å². The SMILES string of the molecule is NC1CCC(N2CCN(CCC#Cc3cccc4c3CN(C3CCC(=O)NC3=O)C4=O)CC2)CC1. The molecule has 8 nitrogen and oxygen atoms in total. The highest BCUT2D eigenvalue weighted by molar-refractivity contribution is 6.05. The molecule has 0 bridgehead atoms. The van der Waals surface area contributed by atoms with Gasteiger partial charge in [-0.1, -0.05) is 17.9 Å². The molecule has 1 atom stereocenters. The number of fused-ring (bicyclic) bond motifs is 1. The zero-order chi connectivity index (χ0) is 24.4. The van der Waals surface area contributed by atoms with Gasteiger partial charge in [-0.25, -0.2) is 0 Å². The predicted octanol–water partition coefficient (Wildman–Crippen LogP) is 1.08. The lowest BCUT2D eigenvalue weighted by Crippen LogP contribution is -2.52. The minimum Gasteiger partial charge on any atom is -0.328 e. The van der Waals surface area contributed by atoms with E-state index in [2.05, 4.69) is 27.0 Å². The summed E-state index contributed by atoms with van der Waals surface area (Å²) in [5, 5.41) is 2.35. The van der Waals surface area contributed by atoms with Crippen molar-refractivity contribution in [2.75, 3.05) is 32.7 Å². The van der Waals surface area contributed by atoms with E-state index in [0.717, 1.165) is 63.1 Å². The van der Waals surface area contributed by atoms with Crippen LogP contribution in [0, 0.1) is 11.8 Å². The summed E-state index contributed by atoms with van der Waals surface area (Å²) in [5.41, 5.74) is 8.41. The number of hydrogen-bond acceptors (Lipinski definition) is 6. The van der Waals surface area contributed by atoms with Crippen LogP contribution >= 0.6 is 0 Å². The molecule has 1 aliphatic carbocycles. The van der Waals surface area contributed by atoms with Crippen molar-refractivity contribution >= 4 is 17.7 Å². The Morgan fingerprint density at radius 1 is 1.00 bits per heavy atom. The first-order chi connectivity index (χ1) is 17.0. The van der Waals surface area contributed by atoms with Crippen LogP contribution in [0.2, 0.25) is 0 Å². The highest BCUT2D eigenvalue weighted by Crippen LogP contribution is 2.29. The van der Waals surface area contributed by atoms with Gasteiger partial charge in [0.2, 0.25) is 11.8 Å². The maximum atomic E-state index is 13.0. The molecule has 0 radical (unpaired) electrons. The zero-order valence-corrected chi connectivity index (χ0v) is 20.3. The van der Waals surface area contributed by atoms with E-state index in [1.54, 1.807) is 11.0 Å². The molecular weight excluding hydrogens is 442 g/mol. The van der Waals surface area contributed by atoms with Gasteiger partial charge in [-0.15, -0.1) is 0 Å². The number of nitrogens with zero attached hydrogens (tertiary/aromatic N) is 3. The van der Waals surface area contributed by atoms with Crippen LogP contribution in [0.4, 0.5) is 0 Å². The lowest BCUT2D eigenvalue weighted by Gasteiger charge is -2.41. The van der Waals surface area contributed by atoms with E-state index in [4.69, 9.17) is 5.73 Å². The van der Waals surface area contributed by atoms with E-state index in [1.165, 1.54) is 12.8 Å². The van der Waals surface area contributed by atoms with E-state index < -0.39 is 6.04 Å². The van der Waals surface area contributed by atoms with Gasteiger partial charge in [0.05, 0.1) is 0 Å². The van der Waals surface area contributed by atoms with Crippen molar-refractivity contribution < 1.29 is 14.4 Å². The molecule has 0 aromatic heterocycles. The molecule has 4 aliphatic rings. The Labute approximate surface area is 207 Å². The summed E-state index contributed by atoms with van der Waals surface area (Å²) in [6, 6.07) is 6.11. The van der Waals surface area contributed by atoms with Crippen molar-refractivity contribution in [1.29, 1.82) is 0 Å². The first-order valence-corrected chi connectivity index (χ1v) is 13.0.